The number of hydrogen-bond acceptors (Lipinski definition) is 3. The van der Waals surface area contributed by atoms with E-state index in [1.165, 1.54) is 0 Å². The zero-order valence-corrected chi connectivity index (χ0v) is 11.5. The van der Waals surface area contributed by atoms with Crippen molar-refractivity contribution in [1.29, 1.82) is 0 Å². The zero-order chi connectivity index (χ0) is 12.3. The molecule has 0 saturated carbocycles. The lowest BCUT2D eigenvalue weighted by atomic mass is 10.1. The molecule has 0 N–H and O–H groups in total. The van der Waals surface area contributed by atoms with Gasteiger partial charge in [-0.05, 0) is 39.7 Å². The quantitative estimate of drug-likeness (QED) is 0.870. The van der Waals surface area contributed by atoms with Crippen LogP contribution in [0.4, 0.5) is 0 Å². The summed E-state index contributed by atoms with van der Waals surface area (Å²) >= 11 is 9.12. The van der Waals surface area contributed by atoms with Crippen molar-refractivity contribution in [2.24, 2.45) is 0 Å². The molecule has 0 spiro atoms. The lowest BCUT2D eigenvalue weighted by Crippen LogP contribution is -1.96. The minimum absolute atomic E-state index is 0.374. The molecule has 0 fully saturated rings. The molecule has 0 aliphatic carbocycles. The van der Waals surface area contributed by atoms with Gasteiger partial charge in [0.15, 0.2) is 5.15 Å². The second-order valence-electron chi connectivity index (χ2n) is 3.50. The number of aromatic nitrogens is 2. The predicted molar refractivity (Wildman–Crippen MR) is 70.5 cm³/mol. The maximum absolute atomic E-state index is 5.79. The molecule has 0 aliphatic heterocycles. The van der Waals surface area contributed by atoms with Crippen molar-refractivity contribution in [1.82, 2.24) is 10.2 Å². The lowest BCUT2D eigenvalue weighted by molar-refractivity contribution is 0.414. The average molecular weight is 314 g/mol. The van der Waals surface area contributed by atoms with Crippen molar-refractivity contribution >= 4 is 27.5 Å². The minimum Gasteiger partial charge on any atom is -0.497 e. The Kier molecular flexibility index (Phi) is 3.97. The Bertz CT molecular complexity index is 534. The highest BCUT2D eigenvalue weighted by molar-refractivity contribution is 9.10. The molecule has 1 heterocycles. The molecule has 0 radical (unpaired) electrons. The molecule has 17 heavy (non-hydrogen) atoms. The van der Waals surface area contributed by atoms with Crippen molar-refractivity contribution in [2.45, 2.75) is 6.42 Å². The van der Waals surface area contributed by atoms with Crippen LogP contribution in [0.2, 0.25) is 5.15 Å². The maximum atomic E-state index is 5.79. The molecule has 2 aromatic rings. The summed E-state index contributed by atoms with van der Waals surface area (Å²) in [7, 11) is 1.65. The zero-order valence-electron chi connectivity index (χ0n) is 9.15. The third-order valence-electron chi connectivity index (χ3n) is 2.28. The first-order valence-electron chi connectivity index (χ1n) is 4.99. The van der Waals surface area contributed by atoms with E-state index in [1.54, 1.807) is 7.11 Å². The summed E-state index contributed by atoms with van der Waals surface area (Å²) < 4.78 is 5.93. The third kappa shape index (κ3) is 3.17. The van der Waals surface area contributed by atoms with Gasteiger partial charge >= 0.3 is 0 Å². The fraction of sp³-hybridized carbons (Fsp3) is 0.167. The second kappa shape index (κ2) is 5.47. The van der Waals surface area contributed by atoms with E-state index in [2.05, 4.69) is 26.1 Å². The molecular formula is C12H10BrClN2O. The van der Waals surface area contributed by atoms with Crippen molar-refractivity contribution in [3.63, 3.8) is 0 Å². The van der Waals surface area contributed by atoms with Crippen LogP contribution in [0.3, 0.4) is 0 Å². The van der Waals surface area contributed by atoms with Crippen LogP contribution in [0.15, 0.2) is 34.8 Å². The fourth-order valence-corrected chi connectivity index (χ4v) is 1.90. The molecule has 0 unspecified atom stereocenters. The number of ether oxygens (including phenoxy) is 1. The van der Waals surface area contributed by atoms with Crippen molar-refractivity contribution < 1.29 is 4.74 Å². The van der Waals surface area contributed by atoms with Gasteiger partial charge in [0.2, 0.25) is 0 Å². The van der Waals surface area contributed by atoms with E-state index in [0.29, 0.717) is 11.6 Å². The summed E-state index contributed by atoms with van der Waals surface area (Å²) in [5.74, 6) is 0.837. The Labute approximate surface area is 113 Å². The Balaban J connectivity index is 2.22. The molecule has 0 aliphatic rings. The van der Waals surface area contributed by atoms with E-state index in [0.717, 1.165) is 21.5 Å². The van der Waals surface area contributed by atoms with Crippen LogP contribution in [0.1, 0.15) is 11.3 Å². The van der Waals surface area contributed by atoms with Gasteiger partial charge in [-0.15, -0.1) is 5.10 Å². The predicted octanol–water partition coefficient (Wildman–Crippen LogP) is 3.49. The van der Waals surface area contributed by atoms with E-state index in [9.17, 15) is 0 Å². The molecule has 0 bridgehead atoms. The standard InChI is InChI=1S/C12H10BrClN2O/c1-17-10-4-2-3-8(6-10)5-9-7-11(13)12(14)16-15-9/h2-4,6-7H,5H2,1H3. The molecule has 1 aromatic carbocycles. The molecule has 0 amide bonds. The summed E-state index contributed by atoms with van der Waals surface area (Å²) in [5, 5.41) is 8.27. The highest BCUT2D eigenvalue weighted by atomic mass is 79.9. The topological polar surface area (TPSA) is 35.0 Å². The summed E-state index contributed by atoms with van der Waals surface area (Å²) in [4.78, 5) is 0. The smallest absolute Gasteiger partial charge is 0.165 e. The molecule has 3 nitrogen and oxygen atoms in total. The van der Waals surface area contributed by atoms with Gasteiger partial charge in [0.05, 0.1) is 17.3 Å². The Morgan fingerprint density at radius 3 is 2.82 bits per heavy atom. The number of nitrogens with zero attached hydrogens (tertiary/aromatic N) is 2. The number of halogens is 2. The minimum atomic E-state index is 0.374. The first-order valence-corrected chi connectivity index (χ1v) is 6.16. The lowest BCUT2D eigenvalue weighted by Gasteiger charge is -2.04. The van der Waals surface area contributed by atoms with Crippen LogP contribution in [-0.4, -0.2) is 17.3 Å². The summed E-state index contributed by atoms with van der Waals surface area (Å²) in [5.41, 5.74) is 1.97. The van der Waals surface area contributed by atoms with Crippen molar-refractivity contribution in [3.05, 3.63) is 51.2 Å². The van der Waals surface area contributed by atoms with Gasteiger partial charge in [-0.3, -0.25) is 0 Å². The molecule has 88 valence electrons. The molecule has 0 atom stereocenters. The van der Waals surface area contributed by atoms with Gasteiger partial charge in [0.1, 0.15) is 5.75 Å². The van der Waals surface area contributed by atoms with Crippen LogP contribution < -0.4 is 4.74 Å². The monoisotopic (exact) mass is 312 g/mol. The van der Waals surface area contributed by atoms with Gasteiger partial charge in [0, 0.05) is 6.42 Å². The highest BCUT2D eigenvalue weighted by Crippen LogP contribution is 2.21. The van der Waals surface area contributed by atoms with Gasteiger partial charge in [-0.25, -0.2) is 0 Å². The van der Waals surface area contributed by atoms with Crippen LogP contribution in [0.5, 0.6) is 5.75 Å². The second-order valence-corrected chi connectivity index (χ2v) is 4.72. The Morgan fingerprint density at radius 1 is 1.29 bits per heavy atom. The first kappa shape index (κ1) is 12.3. The molecule has 1 aromatic heterocycles. The van der Waals surface area contributed by atoms with E-state index >= 15 is 0 Å². The van der Waals surface area contributed by atoms with Crippen LogP contribution >= 0.6 is 27.5 Å². The fourth-order valence-electron chi connectivity index (χ4n) is 1.47. The Hall–Kier alpha value is -1.13. The molecule has 2 rings (SSSR count). The van der Waals surface area contributed by atoms with Crippen molar-refractivity contribution in [3.8, 4) is 5.75 Å². The summed E-state index contributed by atoms with van der Waals surface area (Å²) in [6.07, 6.45) is 0.694. The number of rotatable bonds is 3. The summed E-state index contributed by atoms with van der Waals surface area (Å²) in [6.45, 7) is 0. The average Bonchev–Trinajstić information content (AvgIpc) is 2.34. The highest BCUT2D eigenvalue weighted by Gasteiger charge is 2.04. The summed E-state index contributed by atoms with van der Waals surface area (Å²) in [6, 6.07) is 9.73. The van der Waals surface area contributed by atoms with E-state index < -0.39 is 0 Å². The normalized spacial score (nSPS) is 10.3. The van der Waals surface area contributed by atoms with E-state index in [4.69, 9.17) is 16.3 Å². The van der Waals surface area contributed by atoms with Gasteiger partial charge < -0.3 is 4.74 Å². The van der Waals surface area contributed by atoms with E-state index in [1.807, 2.05) is 30.3 Å². The largest absolute Gasteiger partial charge is 0.497 e. The van der Waals surface area contributed by atoms with Crippen molar-refractivity contribution in [2.75, 3.05) is 7.11 Å². The SMILES string of the molecule is COc1cccc(Cc2cc(Br)c(Cl)nn2)c1. The third-order valence-corrected chi connectivity index (χ3v) is 3.39. The van der Waals surface area contributed by atoms with Gasteiger partial charge in [-0.1, -0.05) is 23.7 Å². The van der Waals surface area contributed by atoms with Crippen LogP contribution in [-0.2, 0) is 6.42 Å². The van der Waals surface area contributed by atoms with Crippen LogP contribution in [0.25, 0.3) is 0 Å². The van der Waals surface area contributed by atoms with E-state index in [-0.39, 0.29) is 0 Å². The molecule has 5 heteroatoms. The maximum Gasteiger partial charge on any atom is 0.165 e. The molecular weight excluding hydrogens is 304 g/mol. The van der Waals surface area contributed by atoms with Gasteiger partial charge in [0.25, 0.3) is 0 Å². The number of hydrogen-bond donors (Lipinski definition) is 0. The first-order chi connectivity index (χ1) is 8.19. The number of benzene rings is 1. The number of methoxy groups -OCH3 is 1. The molecule has 0 saturated heterocycles. The Morgan fingerprint density at radius 2 is 2.12 bits per heavy atom. The van der Waals surface area contributed by atoms with Crippen LogP contribution in [0, 0.1) is 0 Å². The van der Waals surface area contributed by atoms with Gasteiger partial charge in [-0.2, -0.15) is 5.10 Å².